The van der Waals surface area contributed by atoms with Gasteiger partial charge >= 0.3 is 0 Å². The smallest absolute Gasteiger partial charge is 0.120 e. The molecule has 2 rings (SSSR count). The Kier molecular flexibility index (Phi) is 4.04. The average Bonchev–Trinajstić information content (AvgIpc) is 2.91. The molecule has 0 amide bonds. The fourth-order valence-electron chi connectivity index (χ4n) is 2.35. The molecule has 0 bridgehead atoms. The first-order chi connectivity index (χ1) is 9.27. The molecular weight excluding hydrogens is 250 g/mol. The van der Waals surface area contributed by atoms with Crippen molar-refractivity contribution in [3.05, 3.63) is 41.1 Å². The van der Waals surface area contributed by atoms with Gasteiger partial charge in [-0.1, -0.05) is 20.8 Å². The molecule has 0 aliphatic rings. The minimum atomic E-state index is 0.0583. The maximum Gasteiger partial charge on any atom is 0.120 e. The molecule has 0 aliphatic heterocycles. The van der Waals surface area contributed by atoms with E-state index in [1.807, 2.05) is 30.8 Å². The summed E-state index contributed by atoms with van der Waals surface area (Å²) in [5.41, 5.74) is 2.45. The number of rotatable bonds is 4. The second kappa shape index (κ2) is 5.44. The van der Waals surface area contributed by atoms with Gasteiger partial charge in [0.2, 0.25) is 0 Å². The predicted molar refractivity (Wildman–Crippen MR) is 80.6 cm³/mol. The van der Waals surface area contributed by atoms with E-state index in [0.717, 1.165) is 23.8 Å². The van der Waals surface area contributed by atoms with Crippen molar-refractivity contribution in [1.29, 1.82) is 0 Å². The van der Waals surface area contributed by atoms with Gasteiger partial charge in [0.05, 0.1) is 11.7 Å². The van der Waals surface area contributed by atoms with Crippen LogP contribution in [0, 0.1) is 6.92 Å². The minimum absolute atomic E-state index is 0.0583. The summed E-state index contributed by atoms with van der Waals surface area (Å²) in [6.07, 6.45) is 2.09. The van der Waals surface area contributed by atoms with Gasteiger partial charge in [-0.2, -0.15) is 5.10 Å². The Morgan fingerprint density at radius 1 is 1.35 bits per heavy atom. The maximum absolute atomic E-state index is 5.65. The maximum atomic E-state index is 5.65. The van der Waals surface area contributed by atoms with Crippen LogP contribution in [0.4, 0.5) is 0 Å². The first-order valence-corrected chi connectivity index (χ1v) is 7.10. The summed E-state index contributed by atoms with van der Waals surface area (Å²) >= 11 is 0. The largest absolute Gasteiger partial charge is 0.465 e. The van der Waals surface area contributed by atoms with E-state index in [9.17, 15) is 0 Å². The van der Waals surface area contributed by atoms with E-state index in [2.05, 4.69) is 44.3 Å². The van der Waals surface area contributed by atoms with Gasteiger partial charge in [0, 0.05) is 30.8 Å². The van der Waals surface area contributed by atoms with Crippen molar-refractivity contribution in [1.82, 2.24) is 15.1 Å². The Hall–Kier alpha value is -1.55. The van der Waals surface area contributed by atoms with E-state index >= 15 is 0 Å². The van der Waals surface area contributed by atoms with Crippen LogP contribution < -0.4 is 5.32 Å². The molecular formula is C16H25N3O. The molecule has 2 aromatic heterocycles. The van der Waals surface area contributed by atoms with Crippen LogP contribution in [0.3, 0.4) is 0 Å². The molecule has 0 saturated heterocycles. The Labute approximate surface area is 121 Å². The standard InChI is InChI=1S/C16H25N3O/c1-11-7-8-14(20-11)12(2)17-9-13-10-19(6)18-15(13)16(3,4)5/h7-8,10,12,17H,9H2,1-6H3. The molecule has 20 heavy (non-hydrogen) atoms. The molecule has 0 fully saturated rings. The van der Waals surface area contributed by atoms with Gasteiger partial charge in [0.1, 0.15) is 11.5 Å². The highest BCUT2D eigenvalue weighted by atomic mass is 16.3. The zero-order valence-corrected chi connectivity index (χ0v) is 13.3. The summed E-state index contributed by atoms with van der Waals surface area (Å²) in [5.74, 6) is 1.93. The highest BCUT2D eigenvalue weighted by Gasteiger charge is 2.22. The highest BCUT2D eigenvalue weighted by Crippen LogP contribution is 2.25. The predicted octanol–water partition coefficient (Wildman–Crippen LogP) is 3.47. The fourth-order valence-corrected chi connectivity index (χ4v) is 2.35. The zero-order chi connectivity index (χ0) is 14.9. The van der Waals surface area contributed by atoms with E-state index in [1.165, 1.54) is 5.56 Å². The third kappa shape index (κ3) is 3.31. The number of hydrogen-bond donors (Lipinski definition) is 1. The van der Waals surface area contributed by atoms with E-state index in [1.54, 1.807) is 0 Å². The van der Waals surface area contributed by atoms with Gasteiger partial charge in [0.15, 0.2) is 0 Å². The monoisotopic (exact) mass is 275 g/mol. The Bertz CT molecular complexity index is 575. The molecule has 0 aliphatic carbocycles. The lowest BCUT2D eigenvalue weighted by molar-refractivity contribution is 0.414. The number of aromatic nitrogens is 2. The van der Waals surface area contributed by atoms with Gasteiger partial charge in [-0.25, -0.2) is 0 Å². The molecule has 0 saturated carbocycles. The lowest BCUT2D eigenvalue weighted by atomic mass is 9.89. The SMILES string of the molecule is Cc1ccc(C(C)NCc2cn(C)nc2C(C)(C)C)o1. The first-order valence-electron chi connectivity index (χ1n) is 7.10. The van der Waals surface area contributed by atoms with Crippen LogP contribution in [0.1, 0.15) is 56.5 Å². The van der Waals surface area contributed by atoms with Crippen LogP contribution in [0.25, 0.3) is 0 Å². The van der Waals surface area contributed by atoms with Gasteiger partial charge in [-0.3, -0.25) is 4.68 Å². The molecule has 1 N–H and O–H groups in total. The molecule has 1 atom stereocenters. The molecule has 0 radical (unpaired) electrons. The third-order valence-electron chi connectivity index (χ3n) is 3.40. The van der Waals surface area contributed by atoms with Crippen molar-refractivity contribution in [2.24, 2.45) is 7.05 Å². The fraction of sp³-hybridized carbons (Fsp3) is 0.562. The summed E-state index contributed by atoms with van der Waals surface area (Å²) in [4.78, 5) is 0. The Balaban J connectivity index is 2.08. The van der Waals surface area contributed by atoms with Crippen LogP contribution in [0.15, 0.2) is 22.7 Å². The Morgan fingerprint density at radius 2 is 2.05 bits per heavy atom. The van der Waals surface area contributed by atoms with Crippen LogP contribution in [0.5, 0.6) is 0 Å². The average molecular weight is 275 g/mol. The molecule has 4 nitrogen and oxygen atoms in total. The van der Waals surface area contributed by atoms with E-state index < -0.39 is 0 Å². The zero-order valence-electron chi connectivity index (χ0n) is 13.3. The third-order valence-corrected chi connectivity index (χ3v) is 3.40. The van der Waals surface area contributed by atoms with Gasteiger partial charge in [0.25, 0.3) is 0 Å². The molecule has 0 spiro atoms. The van der Waals surface area contributed by atoms with Gasteiger partial charge < -0.3 is 9.73 Å². The van der Waals surface area contributed by atoms with Crippen molar-refractivity contribution < 1.29 is 4.42 Å². The number of aryl methyl sites for hydroxylation is 2. The molecule has 1 unspecified atom stereocenters. The second-order valence-electron chi connectivity index (χ2n) is 6.48. The van der Waals surface area contributed by atoms with Gasteiger partial charge in [-0.05, 0) is 26.0 Å². The summed E-state index contributed by atoms with van der Waals surface area (Å²) in [6, 6.07) is 4.22. The highest BCUT2D eigenvalue weighted by molar-refractivity contribution is 5.24. The van der Waals surface area contributed by atoms with Crippen molar-refractivity contribution in [2.45, 2.75) is 52.6 Å². The van der Waals surface area contributed by atoms with Crippen LogP contribution in [0.2, 0.25) is 0 Å². The number of furan rings is 1. The first kappa shape index (κ1) is 14.9. The summed E-state index contributed by atoms with van der Waals surface area (Å²) in [5, 5.41) is 8.10. The minimum Gasteiger partial charge on any atom is -0.465 e. The lowest BCUT2D eigenvalue weighted by Gasteiger charge is -2.18. The number of nitrogens with one attached hydrogen (secondary N) is 1. The van der Waals surface area contributed by atoms with E-state index in [4.69, 9.17) is 4.42 Å². The number of hydrogen-bond acceptors (Lipinski definition) is 3. The van der Waals surface area contributed by atoms with E-state index in [0.29, 0.717) is 0 Å². The summed E-state index contributed by atoms with van der Waals surface area (Å²) < 4.78 is 7.54. The molecule has 2 aromatic rings. The van der Waals surface area contributed by atoms with Crippen molar-refractivity contribution in [3.63, 3.8) is 0 Å². The van der Waals surface area contributed by atoms with Crippen LogP contribution in [-0.4, -0.2) is 9.78 Å². The molecule has 2 heterocycles. The number of nitrogens with zero attached hydrogens (tertiary/aromatic N) is 2. The normalized spacial score (nSPS) is 13.7. The topological polar surface area (TPSA) is 43.0 Å². The molecule has 4 heteroatoms. The van der Waals surface area contributed by atoms with Crippen molar-refractivity contribution in [3.8, 4) is 0 Å². The lowest BCUT2D eigenvalue weighted by Crippen LogP contribution is -2.21. The molecule has 0 aromatic carbocycles. The second-order valence-corrected chi connectivity index (χ2v) is 6.48. The van der Waals surface area contributed by atoms with Crippen molar-refractivity contribution >= 4 is 0 Å². The van der Waals surface area contributed by atoms with Crippen molar-refractivity contribution in [2.75, 3.05) is 0 Å². The quantitative estimate of drug-likeness (QED) is 0.929. The van der Waals surface area contributed by atoms with Gasteiger partial charge in [-0.15, -0.1) is 0 Å². The summed E-state index contributed by atoms with van der Waals surface area (Å²) in [6.45, 7) is 11.5. The van der Waals surface area contributed by atoms with E-state index in [-0.39, 0.29) is 11.5 Å². The van der Waals surface area contributed by atoms with Crippen LogP contribution in [-0.2, 0) is 19.0 Å². The Morgan fingerprint density at radius 3 is 2.60 bits per heavy atom. The van der Waals surface area contributed by atoms with Crippen LogP contribution >= 0.6 is 0 Å². The molecule has 110 valence electrons. The summed E-state index contributed by atoms with van der Waals surface area (Å²) in [7, 11) is 1.97.